The molecule has 1 aliphatic rings. The maximum atomic E-state index is 13.2. The Morgan fingerprint density at radius 2 is 1.85 bits per heavy atom. The molecule has 0 atom stereocenters. The first kappa shape index (κ1) is 22.7. The number of likely N-dealkylation sites (N-methyl/N-ethyl adjacent to an activating group) is 1. The van der Waals surface area contributed by atoms with Gasteiger partial charge in [0.2, 0.25) is 5.95 Å². The number of nitrogens with zero attached hydrogens (tertiary/aromatic N) is 5. The van der Waals surface area contributed by atoms with E-state index in [4.69, 9.17) is 10.5 Å². The smallest absolute Gasteiger partial charge is 0.264 e. The highest BCUT2D eigenvalue weighted by molar-refractivity contribution is 5.94. The van der Waals surface area contributed by atoms with Crippen molar-refractivity contribution in [3.63, 3.8) is 0 Å². The molecule has 1 saturated heterocycles. The molecule has 0 saturated carbocycles. The molecule has 10 heteroatoms. The first-order chi connectivity index (χ1) is 16.0. The lowest BCUT2D eigenvalue weighted by Crippen LogP contribution is -2.47. The highest BCUT2D eigenvalue weighted by Crippen LogP contribution is 2.18. The molecule has 33 heavy (non-hydrogen) atoms. The summed E-state index contributed by atoms with van der Waals surface area (Å²) < 4.78 is 6.66. The predicted octanol–water partition coefficient (Wildman–Crippen LogP) is 0.868. The van der Waals surface area contributed by atoms with Crippen LogP contribution in [-0.2, 0) is 11.3 Å². The minimum atomic E-state index is -0.218. The van der Waals surface area contributed by atoms with Crippen molar-refractivity contribution in [2.75, 3.05) is 64.5 Å². The number of hydrogen-bond acceptors (Lipinski definition) is 8. The van der Waals surface area contributed by atoms with E-state index in [-0.39, 0.29) is 17.4 Å². The molecule has 1 fully saturated rings. The summed E-state index contributed by atoms with van der Waals surface area (Å²) in [7, 11) is 3.66. The largest absolute Gasteiger partial charge is 0.383 e. The Kier molecular flexibility index (Phi) is 6.85. The van der Waals surface area contributed by atoms with Gasteiger partial charge >= 0.3 is 0 Å². The summed E-state index contributed by atoms with van der Waals surface area (Å²) >= 11 is 0. The zero-order chi connectivity index (χ0) is 23.4. The molecule has 10 nitrogen and oxygen atoms in total. The summed E-state index contributed by atoms with van der Waals surface area (Å²) in [6.45, 7) is 4.54. The summed E-state index contributed by atoms with van der Waals surface area (Å²) in [5.74, 6) is 0.529. The van der Waals surface area contributed by atoms with Crippen LogP contribution in [0.3, 0.4) is 0 Å². The van der Waals surface area contributed by atoms with Crippen LogP contribution in [0.5, 0.6) is 0 Å². The Hall–Kier alpha value is -3.50. The van der Waals surface area contributed by atoms with E-state index < -0.39 is 0 Å². The molecule has 4 rings (SSSR count). The number of nitrogen functional groups attached to an aromatic ring is 1. The maximum Gasteiger partial charge on any atom is 0.264 e. The lowest BCUT2D eigenvalue weighted by atomic mass is 10.1. The quantitative estimate of drug-likeness (QED) is 0.508. The van der Waals surface area contributed by atoms with Crippen molar-refractivity contribution in [2.24, 2.45) is 0 Å². The first-order valence-electron chi connectivity index (χ1n) is 10.9. The zero-order valence-corrected chi connectivity index (χ0v) is 19.0. The number of carbonyl (C=O) groups is 1. The fraction of sp³-hybridized carbons (Fsp3) is 0.391. The van der Waals surface area contributed by atoms with Gasteiger partial charge in [0.15, 0.2) is 0 Å². The van der Waals surface area contributed by atoms with Gasteiger partial charge in [0.25, 0.3) is 11.5 Å². The van der Waals surface area contributed by atoms with Crippen LogP contribution >= 0.6 is 0 Å². The van der Waals surface area contributed by atoms with Crippen molar-refractivity contribution in [2.45, 2.75) is 6.54 Å². The monoisotopic (exact) mass is 451 g/mol. The maximum absolute atomic E-state index is 13.2. The molecule has 0 spiro atoms. The normalized spacial score (nSPS) is 14.5. The number of fused-ring (bicyclic) bond motifs is 1. The number of anilines is 2. The topological polar surface area (TPSA) is 119 Å². The van der Waals surface area contributed by atoms with E-state index in [1.807, 2.05) is 29.2 Å². The third-order valence-electron chi connectivity index (χ3n) is 5.78. The van der Waals surface area contributed by atoms with Gasteiger partial charge < -0.3 is 30.2 Å². The van der Waals surface area contributed by atoms with Crippen LogP contribution in [0.15, 0.2) is 41.3 Å². The number of methoxy groups -OCH3 is 1. The number of benzene rings is 1. The van der Waals surface area contributed by atoms with E-state index in [1.54, 1.807) is 23.9 Å². The van der Waals surface area contributed by atoms with Gasteiger partial charge in [-0.1, -0.05) is 12.1 Å². The molecule has 3 aromatic rings. The Bertz CT molecular complexity index is 1190. The highest BCUT2D eigenvalue weighted by atomic mass is 16.5. The Balaban J connectivity index is 1.54. The predicted molar refractivity (Wildman–Crippen MR) is 128 cm³/mol. The molecule has 1 aliphatic heterocycles. The minimum Gasteiger partial charge on any atom is -0.383 e. The molecule has 0 aliphatic carbocycles. The summed E-state index contributed by atoms with van der Waals surface area (Å²) in [5.41, 5.74) is 7.64. The number of nitrogens with two attached hydrogens (primary N) is 1. The second-order valence-corrected chi connectivity index (χ2v) is 8.15. The Labute approximate surface area is 192 Å². The highest BCUT2D eigenvalue weighted by Gasteiger charge is 2.20. The number of nitrogens with one attached hydrogen (secondary N) is 1. The van der Waals surface area contributed by atoms with E-state index >= 15 is 0 Å². The molecule has 0 bridgehead atoms. The molecule has 1 amide bonds. The van der Waals surface area contributed by atoms with E-state index in [0.29, 0.717) is 42.0 Å². The standard InChI is InChI=1S/C23H29N7O3/c1-28-10-12-29(13-11-28)21(31)17-5-3-16(4-6-17)15-30-9-7-18-19(22(30)32)20(25-8-14-33-2)27-23(24)26-18/h3-7,9H,8,10-15H2,1-2H3,(H3,24,25,26,27). The summed E-state index contributed by atoms with van der Waals surface area (Å²) in [6.07, 6.45) is 1.69. The van der Waals surface area contributed by atoms with Gasteiger partial charge in [-0.3, -0.25) is 9.59 Å². The molecule has 3 N–H and O–H groups in total. The second kappa shape index (κ2) is 9.97. The summed E-state index contributed by atoms with van der Waals surface area (Å²) in [4.78, 5) is 38.5. The van der Waals surface area contributed by atoms with Crippen LogP contribution in [0.2, 0.25) is 0 Å². The average molecular weight is 452 g/mol. The average Bonchev–Trinajstić information content (AvgIpc) is 2.81. The van der Waals surface area contributed by atoms with E-state index in [9.17, 15) is 9.59 Å². The van der Waals surface area contributed by atoms with Crippen LogP contribution < -0.4 is 16.6 Å². The van der Waals surface area contributed by atoms with Crippen LogP contribution in [0.25, 0.3) is 10.9 Å². The number of aromatic nitrogens is 3. The molecule has 1 aromatic carbocycles. The minimum absolute atomic E-state index is 0.0408. The third-order valence-corrected chi connectivity index (χ3v) is 5.78. The van der Waals surface area contributed by atoms with Crippen molar-refractivity contribution in [3.05, 3.63) is 58.0 Å². The lowest BCUT2D eigenvalue weighted by molar-refractivity contribution is 0.0664. The van der Waals surface area contributed by atoms with Crippen LogP contribution in [0, 0.1) is 0 Å². The van der Waals surface area contributed by atoms with Crippen LogP contribution in [-0.4, -0.2) is 83.7 Å². The number of pyridine rings is 1. The molecule has 2 aromatic heterocycles. The number of carbonyl (C=O) groups excluding carboxylic acids is 1. The van der Waals surface area contributed by atoms with Gasteiger partial charge in [0, 0.05) is 51.6 Å². The second-order valence-electron chi connectivity index (χ2n) is 8.15. The number of rotatable bonds is 7. The number of amides is 1. The van der Waals surface area contributed by atoms with Crippen LogP contribution in [0.1, 0.15) is 15.9 Å². The van der Waals surface area contributed by atoms with E-state index in [1.165, 1.54) is 0 Å². The fourth-order valence-electron chi connectivity index (χ4n) is 3.86. The van der Waals surface area contributed by atoms with E-state index in [2.05, 4.69) is 27.2 Å². The SMILES string of the molecule is COCCNc1nc(N)nc2ccn(Cc3ccc(C(=O)N4CCN(C)CC4)cc3)c(=O)c12. The van der Waals surface area contributed by atoms with Crippen molar-refractivity contribution in [1.29, 1.82) is 0 Å². The summed E-state index contributed by atoms with van der Waals surface area (Å²) in [6, 6.07) is 9.17. The molecule has 0 unspecified atom stereocenters. The molecule has 0 radical (unpaired) electrons. The van der Waals surface area contributed by atoms with Gasteiger partial charge in [-0.2, -0.15) is 4.98 Å². The number of piperazine rings is 1. The number of hydrogen-bond donors (Lipinski definition) is 2. The Morgan fingerprint density at radius 3 is 2.55 bits per heavy atom. The van der Waals surface area contributed by atoms with Gasteiger partial charge in [0.05, 0.1) is 18.7 Å². The molecule has 174 valence electrons. The van der Waals surface area contributed by atoms with Crippen molar-refractivity contribution in [1.82, 2.24) is 24.3 Å². The van der Waals surface area contributed by atoms with Gasteiger partial charge in [-0.15, -0.1) is 0 Å². The van der Waals surface area contributed by atoms with Crippen LogP contribution in [0.4, 0.5) is 11.8 Å². The fourth-order valence-corrected chi connectivity index (χ4v) is 3.86. The van der Waals surface area contributed by atoms with Crippen molar-refractivity contribution >= 4 is 28.6 Å². The lowest BCUT2D eigenvalue weighted by Gasteiger charge is -2.32. The van der Waals surface area contributed by atoms with Crippen molar-refractivity contribution in [3.8, 4) is 0 Å². The molecular formula is C23H29N7O3. The van der Waals surface area contributed by atoms with E-state index in [0.717, 1.165) is 31.7 Å². The number of ether oxygens (including phenoxy) is 1. The molecular weight excluding hydrogens is 422 g/mol. The molecule has 3 heterocycles. The third kappa shape index (κ3) is 5.12. The van der Waals surface area contributed by atoms with Gasteiger partial charge in [-0.05, 0) is 30.8 Å². The Morgan fingerprint density at radius 1 is 1.12 bits per heavy atom. The summed E-state index contributed by atoms with van der Waals surface area (Å²) in [5, 5.41) is 3.48. The van der Waals surface area contributed by atoms with Crippen molar-refractivity contribution < 1.29 is 9.53 Å². The van der Waals surface area contributed by atoms with Gasteiger partial charge in [0.1, 0.15) is 11.2 Å². The van der Waals surface area contributed by atoms with Gasteiger partial charge in [-0.25, -0.2) is 4.98 Å². The first-order valence-corrected chi connectivity index (χ1v) is 10.9. The zero-order valence-electron chi connectivity index (χ0n) is 19.0.